The second-order valence-corrected chi connectivity index (χ2v) is 6.01. The molecule has 0 aliphatic carbocycles. The van der Waals surface area contributed by atoms with E-state index in [0.717, 1.165) is 19.5 Å². The topological polar surface area (TPSA) is 32.8 Å². The highest BCUT2D eigenvalue weighted by atomic mass is 35.5. The zero-order valence-corrected chi connectivity index (χ0v) is 15.1. The number of unbranched alkanes of at least 4 members (excludes halogenated alkanes) is 8. The predicted octanol–water partition coefficient (Wildman–Crippen LogP) is 4.51. The predicted molar refractivity (Wildman–Crippen MR) is 93.7 cm³/mol. The van der Waals surface area contributed by atoms with Gasteiger partial charge >= 0.3 is 5.97 Å². The van der Waals surface area contributed by atoms with Gasteiger partial charge in [-0.1, -0.05) is 58.3 Å². The van der Waals surface area contributed by atoms with Crippen LogP contribution in [0.4, 0.5) is 0 Å². The Morgan fingerprint density at radius 1 is 1.00 bits per heavy atom. The second-order valence-electron chi connectivity index (χ2n) is 6.01. The molecule has 0 aromatic rings. The number of ether oxygens (including phenoxy) is 1. The van der Waals surface area contributed by atoms with Crippen LogP contribution < -0.4 is 0 Å². The summed E-state index contributed by atoms with van der Waals surface area (Å²) in [6.07, 6.45) is 15.9. The molecular weight excluding hydrogens is 300 g/mol. The van der Waals surface area contributed by atoms with E-state index in [-0.39, 0.29) is 18.4 Å². The Labute approximate surface area is 142 Å². The highest BCUT2D eigenvalue weighted by Gasteiger charge is 2.10. The van der Waals surface area contributed by atoms with Crippen LogP contribution in [-0.2, 0) is 9.53 Å². The van der Waals surface area contributed by atoms with Crippen LogP contribution in [0.15, 0.2) is 12.4 Å². The fourth-order valence-corrected chi connectivity index (χ4v) is 2.48. The molecule has 0 aromatic heterocycles. The summed E-state index contributed by atoms with van der Waals surface area (Å²) in [4.78, 5) is 15.6. The lowest BCUT2D eigenvalue weighted by Crippen LogP contribution is -2.26. The van der Waals surface area contributed by atoms with Crippen molar-refractivity contribution in [2.75, 3.05) is 20.4 Å². The van der Waals surface area contributed by atoms with Crippen molar-refractivity contribution in [1.82, 2.24) is 9.80 Å². The fourth-order valence-electron chi connectivity index (χ4n) is 2.48. The minimum atomic E-state index is -0.0686. The van der Waals surface area contributed by atoms with E-state index in [2.05, 4.69) is 6.92 Å². The van der Waals surface area contributed by atoms with Crippen molar-refractivity contribution >= 4 is 18.4 Å². The molecule has 0 saturated heterocycles. The van der Waals surface area contributed by atoms with E-state index >= 15 is 0 Å². The molecule has 0 fully saturated rings. The minimum Gasteiger partial charge on any atom is -0.444 e. The number of rotatable bonds is 12. The lowest BCUT2D eigenvalue weighted by Gasteiger charge is -2.17. The summed E-state index contributed by atoms with van der Waals surface area (Å²) in [5.41, 5.74) is 0. The van der Waals surface area contributed by atoms with E-state index in [9.17, 15) is 4.79 Å². The van der Waals surface area contributed by atoms with Crippen LogP contribution in [-0.4, -0.2) is 36.2 Å². The van der Waals surface area contributed by atoms with Crippen LogP contribution in [0.25, 0.3) is 0 Å². The molecule has 4 nitrogen and oxygen atoms in total. The monoisotopic (exact) mass is 332 g/mol. The summed E-state index contributed by atoms with van der Waals surface area (Å²) in [5, 5.41) is 0. The number of carbonyl (C=O) groups is 1. The number of carbonyl (C=O) groups excluding carboxylic acids is 1. The quantitative estimate of drug-likeness (QED) is 0.389. The SMILES string of the molecule is CCCCCCCCCCCC(=O)OCN1C=CN(C)C1.Cl. The summed E-state index contributed by atoms with van der Waals surface area (Å²) < 4.78 is 5.26. The number of hydrogen-bond acceptors (Lipinski definition) is 4. The molecule has 0 saturated carbocycles. The first-order chi connectivity index (χ1) is 10.2. The number of hydrogen-bond donors (Lipinski definition) is 0. The van der Waals surface area contributed by atoms with Gasteiger partial charge in [-0.2, -0.15) is 0 Å². The number of esters is 1. The van der Waals surface area contributed by atoms with Gasteiger partial charge in [0.2, 0.25) is 0 Å². The third kappa shape index (κ3) is 10.8. The van der Waals surface area contributed by atoms with Gasteiger partial charge < -0.3 is 14.5 Å². The Kier molecular flexibility index (Phi) is 13.2. The van der Waals surface area contributed by atoms with E-state index in [1.807, 2.05) is 29.2 Å². The normalized spacial score (nSPS) is 13.4. The van der Waals surface area contributed by atoms with Crippen LogP contribution >= 0.6 is 12.4 Å². The molecule has 1 aliphatic heterocycles. The first-order valence-corrected chi connectivity index (χ1v) is 8.50. The van der Waals surface area contributed by atoms with E-state index in [0.29, 0.717) is 13.2 Å². The molecule has 130 valence electrons. The number of nitrogens with zero attached hydrogens (tertiary/aromatic N) is 2. The Bertz CT molecular complexity index is 311. The van der Waals surface area contributed by atoms with Gasteiger partial charge in [0.1, 0.15) is 0 Å². The molecule has 0 radical (unpaired) electrons. The Balaban J connectivity index is 0.00000441. The average Bonchev–Trinajstić information content (AvgIpc) is 2.89. The largest absolute Gasteiger partial charge is 0.444 e. The van der Waals surface area contributed by atoms with Gasteiger partial charge in [-0.25, -0.2) is 0 Å². The molecule has 0 amide bonds. The zero-order valence-electron chi connectivity index (χ0n) is 14.3. The lowest BCUT2D eigenvalue weighted by molar-refractivity contribution is -0.147. The maximum Gasteiger partial charge on any atom is 0.307 e. The zero-order chi connectivity index (χ0) is 15.3. The van der Waals surface area contributed by atoms with Crippen LogP contribution in [0.1, 0.15) is 71.1 Å². The van der Waals surface area contributed by atoms with Crippen molar-refractivity contribution in [2.45, 2.75) is 71.1 Å². The van der Waals surface area contributed by atoms with Crippen LogP contribution in [0.3, 0.4) is 0 Å². The van der Waals surface area contributed by atoms with Crippen LogP contribution in [0.2, 0.25) is 0 Å². The molecule has 1 rings (SSSR count). The lowest BCUT2D eigenvalue weighted by atomic mass is 10.1. The molecule has 0 spiro atoms. The van der Waals surface area contributed by atoms with Gasteiger partial charge in [0.25, 0.3) is 0 Å². The van der Waals surface area contributed by atoms with Crippen molar-refractivity contribution in [2.24, 2.45) is 0 Å². The van der Waals surface area contributed by atoms with Gasteiger partial charge in [0, 0.05) is 25.9 Å². The third-order valence-electron chi connectivity index (χ3n) is 3.81. The van der Waals surface area contributed by atoms with Crippen molar-refractivity contribution in [3.63, 3.8) is 0 Å². The minimum absolute atomic E-state index is 0. The maximum absolute atomic E-state index is 11.6. The van der Waals surface area contributed by atoms with Gasteiger partial charge in [0.15, 0.2) is 6.73 Å². The molecule has 0 bridgehead atoms. The van der Waals surface area contributed by atoms with E-state index < -0.39 is 0 Å². The second kappa shape index (κ2) is 13.7. The van der Waals surface area contributed by atoms with Gasteiger partial charge in [0.05, 0.1) is 6.67 Å². The maximum atomic E-state index is 11.6. The van der Waals surface area contributed by atoms with Crippen molar-refractivity contribution < 1.29 is 9.53 Å². The van der Waals surface area contributed by atoms with Gasteiger partial charge in [-0.3, -0.25) is 4.79 Å². The van der Waals surface area contributed by atoms with Crippen molar-refractivity contribution in [1.29, 1.82) is 0 Å². The Morgan fingerprint density at radius 2 is 1.59 bits per heavy atom. The van der Waals surface area contributed by atoms with E-state index in [1.165, 1.54) is 44.9 Å². The van der Waals surface area contributed by atoms with E-state index in [1.54, 1.807) is 0 Å². The van der Waals surface area contributed by atoms with E-state index in [4.69, 9.17) is 4.74 Å². The summed E-state index contributed by atoms with van der Waals surface area (Å²) in [6, 6.07) is 0. The Hall–Kier alpha value is -0.900. The summed E-state index contributed by atoms with van der Waals surface area (Å²) >= 11 is 0. The molecule has 1 aliphatic rings. The molecule has 0 atom stereocenters. The standard InChI is InChI=1S/C17H32N2O2.ClH/c1-3-4-5-6-7-8-9-10-11-12-17(20)21-16-19-14-13-18(2)15-19;/h13-14H,3-12,15-16H2,1-2H3;1H. The molecule has 1 heterocycles. The summed E-state index contributed by atoms with van der Waals surface area (Å²) in [7, 11) is 2.00. The molecular formula is C17H33ClN2O2. The first kappa shape index (κ1) is 21.1. The van der Waals surface area contributed by atoms with Gasteiger partial charge in [-0.15, -0.1) is 12.4 Å². The third-order valence-corrected chi connectivity index (χ3v) is 3.81. The first-order valence-electron chi connectivity index (χ1n) is 8.50. The van der Waals surface area contributed by atoms with Crippen molar-refractivity contribution in [3.05, 3.63) is 12.4 Å². The molecule has 5 heteroatoms. The molecule has 0 unspecified atom stereocenters. The Morgan fingerprint density at radius 3 is 2.14 bits per heavy atom. The molecule has 0 aromatic carbocycles. The highest BCUT2D eigenvalue weighted by molar-refractivity contribution is 5.85. The van der Waals surface area contributed by atoms with Crippen LogP contribution in [0.5, 0.6) is 0 Å². The number of halogens is 1. The molecule has 0 N–H and O–H groups in total. The average molecular weight is 333 g/mol. The summed E-state index contributed by atoms with van der Waals surface area (Å²) in [6.45, 7) is 3.42. The summed E-state index contributed by atoms with van der Waals surface area (Å²) in [5.74, 6) is -0.0686. The smallest absolute Gasteiger partial charge is 0.307 e. The van der Waals surface area contributed by atoms with Crippen LogP contribution in [0, 0.1) is 0 Å². The van der Waals surface area contributed by atoms with Crippen molar-refractivity contribution in [3.8, 4) is 0 Å². The van der Waals surface area contributed by atoms with Gasteiger partial charge in [-0.05, 0) is 6.42 Å². The fraction of sp³-hybridized carbons (Fsp3) is 0.824. The highest BCUT2D eigenvalue weighted by Crippen LogP contribution is 2.11. The molecule has 22 heavy (non-hydrogen) atoms.